The van der Waals surface area contributed by atoms with Crippen molar-refractivity contribution in [3.05, 3.63) is 16.1 Å². The van der Waals surface area contributed by atoms with Crippen molar-refractivity contribution in [3.63, 3.8) is 0 Å². The van der Waals surface area contributed by atoms with Gasteiger partial charge in [0.1, 0.15) is 5.78 Å². The van der Waals surface area contributed by atoms with Crippen molar-refractivity contribution in [2.24, 2.45) is 0 Å². The Morgan fingerprint density at radius 1 is 1.56 bits per heavy atom. The molecule has 0 amide bonds. The van der Waals surface area contributed by atoms with E-state index in [1.807, 2.05) is 6.20 Å². The van der Waals surface area contributed by atoms with E-state index in [4.69, 9.17) is 0 Å². The van der Waals surface area contributed by atoms with Crippen molar-refractivity contribution in [2.75, 3.05) is 5.75 Å². The number of hydrogen-bond donors (Lipinski definition) is 0. The minimum Gasteiger partial charge on any atom is -0.300 e. The van der Waals surface area contributed by atoms with Crippen LogP contribution in [0.1, 0.15) is 36.1 Å². The van der Waals surface area contributed by atoms with Crippen LogP contribution in [0.4, 0.5) is 0 Å². The molecule has 0 bridgehead atoms. The fourth-order valence-electron chi connectivity index (χ4n) is 1.93. The van der Waals surface area contributed by atoms with Gasteiger partial charge in [-0.2, -0.15) is 11.8 Å². The van der Waals surface area contributed by atoms with Crippen molar-refractivity contribution in [1.82, 2.24) is 4.98 Å². The van der Waals surface area contributed by atoms with Crippen LogP contribution in [0.3, 0.4) is 0 Å². The van der Waals surface area contributed by atoms with Gasteiger partial charge in [-0.1, -0.05) is 6.42 Å². The van der Waals surface area contributed by atoms with Crippen LogP contribution in [-0.2, 0) is 17.6 Å². The molecule has 1 unspecified atom stereocenters. The standard InChI is InChI=1S/C12H17NOS2/c1-9(14)6-11-8-13-12(16-11)7-10-4-2-3-5-15-10/h8,10H,2-7H2,1H3. The molecule has 0 aliphatic carbocycles. The van der Waals surface area contributed by atoms with E-state index in [2.05, 4.69) is 16.7 Å². The van der Waals surface area contributed by atoms with Crippen molar-refractivity contribution in [2.45, 2.75) is 44.3 Å². The first-order valence-corrected chi connectivity index (χ1v) is 7.65. The van der Waals surface area contributed by atoms with Gasteiger partial charge in [-0.15, -0.1) is 11.3 Å². The Morgan fingerprint density at radius 2 is 2.44 bits per heavy atom. The molecular weight excluding hydrogens is 238 g/mol. The van der Waals surface area contributed by atoms with Crippen LogP contribution in [0.25, 0.3) is 0 Å². The summed E-state index contributed by atoms with van der Waals surface area (Å²) < 4.78 is 0. The SMILES string of the molecule is CC(=O)Cc1cnc(CC2CCCCS2)s1. The van der Waals surface area contributed by atoms with E-state index in [1.165, 1.54) is 30.0 Å². The molecule has 0 aromatic carbocycles. The lowest BCUT2D eigenvalue weighted by Crippen LogP contribution is -2.12. The molecule has 16 heavy (non-hydrogen) atoms. The second kappa shape index (κ2) is 5.82. The first-order valence-electron chi connectivity index (χ1n) is 5.78. The number of thioether (sulfide) groups is 1. The van der Waals surface area contributed by atoms with Gasteiger partial charge in [0, 0.05) is 29.2 Å². The molecule has 88 valence electrons. The molecular formula is C12H17NOS2. The van der Waals surface area contributed by atoms with Crippen molar-refractivity contribution in [3.8, 4) is 0 Å². The lowest BCUT2D eigenvalue weighted by molar-refractivity contribution is -0.116. The van der Waals surface area contributed by atoms with Gasteiger partial charge in [-0.05, 0) is 25.5 Å². The van der Waals surface area contributed by atoms with Gasteiger partial charge in [0.05, 0.1) is 5.01 Å². The summed E-state index contributed by atoms with van der Waals surface area (Å²) in [6.45, 7) is 1.64. The summed E-state index contributed by atoms with van der Waals surface area (Å²) in [4.78, 5) is 16.5. The van der Waals surface area contributed by atoms with E-state index in [0.717, 1.165) is 16.5 Å². The number of rotatable bonds is 4. The van der Waals surface area contributed by atoms with Crippen molar-refractivity contribution in [1.29, 1.82) is 0 Å². The number of hydrogen-bond acceptors (Lipinski definition) is 4. The highest BCUT2D eigenvalue weighted by Gasteiger charge is 2.16. The maximum Gasteiger partial charge on any atom is 0.135 e. The third-order valence-electron chi connectivity index (χ3n) is 2.70. The monoisotopic (exact) mass is 255 g/mol. The summed E-state index contributed by atoms with van der Waals surface area (Å²) in [6.07, 6.45) is 7.57. The van der Waals surface area contributed by atoms with E-state index in [9.17, 15) is 4.79 Å². The number of ketones is 1. The van der Waals surface area contributed by atoms with Gasteiger partial charge in [0.2, 0.25) is 0 Å². The largest absolute Gasteiger partial charge is 0.300 e. The summed E-state index contributed by atoms with van der Waals surface area (Å²) in [5.74, 6) is 1.53. The molecule has 0 spiro atoms. The van der Waals surface area contributed by atoms with Crippen molar-refractivity contribution < 1.29 is 4.79 Å². The van der Waals surface area contributed by atoms with Crippen LogP contribution in [0, 0.1) is 0 Å². The third-order valence-corrected chi connectivity index (χ3v) is 5.12. The van der Waals surface area contributed by atoms with Crippen LogP contribution in [-0.4, -0.2) is 21.8 Å². The fourth-order valence-corrected chi connectivity index (χ4v) is 4.42. The normalized spacial score (nSPS) is 20.9. The van der Waals surface area contributed by atoms with Crippen LogP contribution in [0.15, 0.2) is 6.20 Å². The Hall–Kier alpha value is -0.350. The zero-order valence-electron chi connectivity index (χ0n) is 9.57. The number of thiazole rings is 1. The van der Waals surface area contributed by atoms with Crippen LogP contribution in [0.2, 0.25) is 0 Å². The van der Waals surface area contributed by atoms with E-state index in [0.29, 0.717) is 6.42 Å². The summed E-state index contributed by atoms with van der Waals surface area (Å²) in [6, 6.07) is 0. The van der Waals surface area contributed by atoms with E-state index in [1.54, 1.807) is 18.3 Å². The molecule has 0 radical (unpaired) electrons. The third kappa shape index (κ3) is 3.59. The maximum atomic E-state index is 11.0. The molecule has 1 fully saturated rings. The quantitative estimate of drug-likeness (QED) is 0.828. The van der Waals surface area contributed by atoms with Gasteiger partial charge in [0.25, 0.3) is 0 Å². The fraction of sp³-hybridized carbons (Fsp3) is 0.667. The molecule has 1 aromatic rings. The summed E-state index contributed by atoms with van der Waals surface area (Å²) in [7, 11) is 0. The number of carbonyl (C=O) groups is 1. The van der Waals surface area contributed by atoms with E-state index in [-0.39, 0.29) is 5.78 Å². The smallest absolute Gasteiger partial charge is 0.135 e. The Labute approximate surface area is 105 Å². The molecule has 2 rings (SSSR count). The molecule has 1 aromatic heterocycles. The first kappa shape index (κ1) is 12.1. The maximum absolute atomic E-state index is 11.0. The lowest BCUT2D eigenvalue weighted by atomic mass is 10.1. The average molecular weight is 255 g/mol. The molecule has 4 heteroatoms. The molecule has 2 heterocycles. The second-order valence-electron chi connectivity index (χ2n) is 4.29. The Bertz CT molecular complexity index is 356. The van der Waals surface area contributed by atoms with Crippen molar-refractivity contribution >= 4 is 28.9 Å². The summed E-state index contributed by atoms with van der Waals surface area (Å²) in [5.41, 5.74) is 0. The summed E-state index contributed by atoms with van der Waals surface area (Å²) >= 11 is 3.79. The number of Topliss-reactive ketones (excluding diaryl/α,β-unsaturated/α-hetero) is 1. The number of carbonyl (C=O) groups excluding carboxylic acids is 1. The highest BCUT2D eigenvalue weighted by molar-refractivity contribution is 7.99. The predicted molar refractivity (Wildman–Crippen MR) is 70.3 cm³/mol. The molecule has 0 saturated carbocycles. The van der Waals surface area contributed by atoms with Gasteiger partial charge in [-0.25, -0.2) is 4.98 Å². The Morgan fingerprint density at radius 3 is 3.12 bits per heavy atom. The number of aromatic nitrogens is 1. The molecule has 2 nitrogen and oxygen atoms in total. The van der Waals surface area contributed by atoms with E-state index >= 15 is 0 Å². The lowest BCUT2D eigenvalue weighted by Gasteiger charge is -2.19. The predicted octanol–water partition coefficient (Wildman–Crippen LogP) is 3.10. The van der Waals surface area contributed by atoms with E-state index < -0.39 is 0 Å². The van der Waals surface area contributed by atoms with Crippen LogP contribution < -0.4 is 0 Å². The van der Waals surface area contributed by atoms with Gasteiger partial charge in [-0.3, -0.25) is 4.79 Å². The minimum absolute atomic E-state index is 0.224. The highest BCUT2D eigenvalue weighted by atomic mass is 32.2. The minimum atomic E-state index is 0.224. The molecule has 1 aliphatic rings. The van der Waals surface area contributed by atoms with Gasteiger partial charge >= 0.3 is 0 Å². The Balaban J connectivity index is 1.88. The van der Waals surface area contributed by atoms with Crippen LogP contribution in [0.5, 0.6) is 0 Å². The topological polar surface area (TPSA) is 30.0 Å². The molecule has 1 atom stereocenters. The molecule has 0 N–H and O–H groups in total. The second-order valence-corrected chi connectivity index (χ2v) is 6.90. The first-order chi connectivity index (χ1) is 7.74. The average Bonchev–Trinajstić information content (AvgIpc) is 2.66. The highest BCUT2D eigenvalue weighted by Crippen LogP contribution is 2.29. The van der Waals surface area contributed by atoms with Gasteiger partial charge < -0.3 is 0 Å². The zero-order valence-corrected chi connectivity index (χ0v) is 11.2. The Kier molecular flexibility index (Phi) is 4.41. The molecule has 1 saturated heterocycles. The zero-order chi connectivity index (χ0) is 11.4. The molecule has 1 aliphatic heterocycles. The summed E-state index contributed by atoms with van der Waals surface area (Å²) in [5, 5.41) is 1.96. The van der Waals surface area contributed by atoms with Crippen LogP contribution >= 0.6 is 23.1 Å². The van der Waals surface area contributed by atoms with Gasteiger partial charge in [0.15, 0.2) is 0 Å². The number of nitrogens with zero attached hydrogens (tertiary/aromatic N) is 1.